The van der Waals surface area contributed by atoms with E-state index in [9.17, 15) is 9.59 Å². The molecule has 0 aromatic carbocycles. The maximum Gasteiger partial charge on any atom is 0.407 e. The fraction of sp³-hybridized carbons (Fsp3) is 0.611. The molecule has 2 amide bonds. The number of alkyl carbamates (subject to hydrolysis) is 1. The van der Waals surface area contributed by atoms with E-state index in [2.05, 4.69) is 26.3 Å². The molecule has 0 bridgehead atoms. The van der Waals surface area contributed by atoms with Gasteiger partial charge in [-0.25, -0.2) is 9.79 Å². The molecule has 0 aliphatic heterocycles. The minimum atomic E-state index is -0.509. The van der Waals surface area contributed by atoms with Crippen molar-refractivity contribution in [2.24, 2.45) is 4.99 Å². The van der Waals surface area contributed by atoms with Crippen LogP contribution in [-0.2, 0) is 16.1 Å². The van der Waals surface area contributed by atoms with Crippen molar-refractivity contribution in [1.82, 2.24) is 21.3 Å². The van der Waals surface area contributed by atoms with E-state index in [4.69, 9.17) is 9.15 Å². The van der Waals surface area contributed by atoms with E-state index in [0.717, 1.165) is 0 Å². The van der Waals surface area contributed by atoms with E-state index in [0.29, 0.717) is 44.3 Å². The molecule has 1 aromatic rings. The van der Waals surface area contributed by atoms with E-state index in [1.54, 1.807) is 18.4 Å². The van der Waals surface area contributed by atoms with Crippen LogP contribution in [-0.4, -0.2) is 49.7 Å². The summed E-state index contributed by atoms with van der Waals surface area (Å²) in [6.07, 6.45) is 1.81. The number of guanidine groups is 1. The molecule has 27 heavy (non-hydrogen) atoms. The van der Waals surface area contributed by atoms with Crippen molar-refractivity contribution in [1.29, 1.82) is 0 Å². The van der Waals surface area contributed by atoms with Crippen LogP contribution < -0.4 is 21.3 Å². The molecule has 4 N–H and O–H groups in total. The average molecular weight is 381 g/mol. The molecule has 1 aromatic heterocycles. The summed E-state index contributed by atoms with van der Waals surface area (Å²) >= 11 is 0. The summed E-state index contributed by atoms with van der Waals surface area (Å²) in [7, 11) is 0. The quantitative estimate of drug-likeness (QED) is 0.292. The summed E-state index contributed by atoms with van der Waals surface area (Å²) in [5.74, 6) is 1.04. The number of nitrogens with one attached hydrogen (secondary N) is 4. The Morgan fingerprint density at radius 1 is 1.15 bits per heavy atom. The highest BCUT2D eigenvalue weighted by Crippen LogP contribution is 2.06. The number of furan rings is 1. The third-order valence-electron chi connectivity index (χ3n) is 3.08. The topological polar surface area (TPSA) is 117 Å². The Morgan fingerprint density at radius 3 is 2.52 bits per heavy atom. The zero-order valence-electron chi connectivity index (χ0n) is 16.6. The first-order valence-electron chi connectivity index (χ1n) is 9.08. The molecule has 0 aliphatic carbocycles. The van der Waals surface area contributed by atoms with Crippen LogP contribution >= 0.6 is 0 Å². The van der Waals surface area contributed by atoms with Crippen LogP contribution in [0.4, 0.5) is 4.79 Å². The molecule has 0 saturated carbocycles. The Labute approximate surface area is 160 Å². The predicted octanol–water partition coefficient (Wildman–Crippen LogP) is 1.37. The second-order valence-electron chi connectivity index (χ2n) is 6.76. The fourth-order valence-electron chi connectivity index (χ4n) is 1.95. The summed E-state index contributed by atoms with van der Waals surface area (Å²) in [5, 5.41) is 11.6. The molecule has 9 nitrogen and oxygen atoms in total. The number of rotatable bonds is 9. The number of aliphatic imine (C=N–C) groups is 1. The zero-order chi connectivity index (χ0) is 20.1. The van der Waals surface area contributed by atoms with Gasteiger partial charge < -0.3 is 30.4 Å². The normalized spacial score (nSPS) is 11.6. The molecular weight excluding hydrogens is 350 g/mol. The molecule has 0 unspecified atom stereocenters. The van der Waals surface area contributed by atoms with E-state index < -0.39 is 11.7 Å². The second kappa shape index (κ2) is 11.8. The maximum atomic E-state index is 11.8. The van der Waals surface area contributed by atoms with E-state index in [1.807, 2.05) is 27.7 Å². The monoisotopic (exact) mass is 381 g/mol. The Bertz CT molecular complexity index is 593. The summed E-state index contributed by atoms with van der Waals surface area (Å²) in [6.45, 7) is 9.48. The molecule has 1 heterocycles. The minimum absolute atomic E-state index is 0.00615. The lowest BCUT2D eigenvalue weighted by Gasteiger charge is -2.19. The predicted molar refractivity (Wildman–Crippen MR) is 103 cm³/mol. The summed E-state index contributed by atoms with van der Waals surface area (Å²) in [4.78, 5) is 27.6. The van der Waals surface area contributed by atoms with Crippen LogP contribution in [0.15, 0.2) is 27.8 Å². The number of ether oxygens (including phenoxy) is 1. The lowest BCUT2D eigenvalue weighted by molar-refractivity contribution is -0.119. The van der Waals surface area contributed by atoms with Crippen molar-refractivity contribution in [2.75, 3.05) is 26.2 Å². The van der Waals surface area contributed by atoms with Crippen molar-refractivity contribution in [3.05, 3.63) is 24.2 Å². The van der Waals surface area contributed by atoms with Gasteiger partial charge in [0.1, 0.15) is 17.9 Å². The van der Waals surface area contributed by atoms with Gasteiger partial charge in [-0.1, -0.05) is 0 Å². The largest absolute Gasteiger partial charge is 0.467 e. The highest BCUT2D eigenvalue weighted by molar-refractivity contribution is 5.84. The van der Waals surface area contributed by atoms with Crippen LogP contribution in [0.25, 0.3) is 0 Å². The molecule has 1 rings (SSSR count). The number of carbonyl (C=O) groups excluding carboxylic acids is 2. The van der Waals surface area contributed by atoms with Gasteiger partial charge in [0, 0.05) is 19.6 Å². The molecule has 152 valence electrons. The van der Waals surface area contributed by atoms with Gasteiger partial charge in [-0.15, -0.1) is 0 Å². The first-order valence-corrected chi connectivity index (χ1v) is 9.08. The smallest absolute Gasteiger partial charge is 0.407 e. The van der Waals surface area contributed by atoms with Gasteiger partial charge in [-0.05, 0) is 46.2 Å². The minimum Gasteiger partial charge on any atom is -0.467 e. The molecule has 0 aliphatic rings. The number of hydrogen-bond donors (Lipinski definition) is 4. The van der Waals surface area contributed by atoms with Gasteiger partial charge >= 0.3 is 6.09 Å². The first-order chi connectivity index (χ1) is 12.8. The summed E-state index contributed by atoms with van der Waals surface area (Å²) in [5.41, 5.74) is -0.509. The van der Waals surface area contributed by atoms with Crippen molar-refractivity contribution >= 4 is 18.0 Å². The van der Waals surface area contributed by atoms with E-state index in [-0.39, 0.29) is 12.5 Å². The van der Waals surface area contributed by atoms with Crippen LogP contribution in [0.2, 0.25) is 0 Å². The number of hydrogen-bond acceptors (Lipinski definition) is 5. The number of nitrogens with zero attached hydrogens (tertiary/aromatic N) is 1. The molecule has 0 fully saturated rings. The molecule has 9 heteroatoms. The number of carbonyl (C=O) groups is 2. The van der Waals surface area contributed by atoms with Crippen molar-refractivity contribution in [2.45, 2.75) is 46.3 Å². The third-order valence-corrected chi connectivity index (χ3v) is 3.08. The van der Waals surface area contributed by atoms with Crippen molar-refractivity contribution in [3.63, 3.8) is 0 Å². The Hall–Kier alpha value is -2.71. The maximum absolute atomic E-state index is 11.8. The van der Waals surface area contributed by atoms with E-state index in [1.165, 1.54) is 0 Å². The SMILES string of the molecule is CCNC(=NCC(=O)NCc1ccco1)NCCCNC(=O)OC(C)(C)C. The molecule has 0 radical (unpaired) electrons. The highest BCUT2D eigenvalue weighted by atomic mass is 16.6. The summed E-state index contributed by atoms with van der Waals surface area (Å²) in [6, 6.07) is 3.56. The van der Waals surface area contributed by atoms with Crippen LogP contribution in [0.1, 0.15) is 39.9 Å². The van der Waals surface area contributed by atoms with Gasteiger partial charge in [0.25, 0.3) is 0 Å². The third kappa shape index (κ3) is 11.5. The zero-order valence-corrected chi connectivity index (χ0v) is 16.6. The Kier molecular flexibility index (Phi) is 9.78. The number of amides is 2. The summed E-state index contributed by atoms with van der Waals surface area (Å²) < 4.78 is 10.3. The van der Waals surface area contributed by atoms with Crippen LogP contribution in [0.5, 0.6) is 0 Å². The fourth-order valence-corrected chi connectivity index (χ4v) is 1.95. The first kappa shape index (κ1) is 22.3. The molecular formula is C18H31N5O4. The van der Waals surface area contributed by atoms with Gasteiger partial charge in [-0.2, -0.15) is 0 Å². The molecule has 0 saturated heterocycles. The van der Waals surface area contributed by atoms with Gasteiger partial charge in [0.05, 0.1) is 12.8 Å². The molecule has 0 spiro atoms. The van der Waals surface area contributed by atoms with Gasteiger partial charge in [0.15, 0.2) is 5.96 Å². The average Bonchev–Trinajstić information content (AvgIpc) is 3.09. The van der Waals surface area contributed by atoms with Crippen molar-refractivity contribution < 1.29 is 18.7 Å². The highest BCUT2D eigenvalue weighted by Gasteiger charge is 2.15. The Balaban J connectivity index is 2.24. The van der Waals surface area contributed by atoms with Gasteiger partial charge in [0.2, 0.25) is 5.91 Å². The van der Waals surface area contributed by atoms with Crippen LogP contribution in [0, 0.1) is 0 Å². The Morgan fingerprint density at radius 2 is 1.89 bits per heavy atom. The van der Waals surface area contributed by atoms with Crippen LogP contribution in [0.3, 0.4) is 0 Å². The van der Waals surface area contributed by atoms with Gasteiger partial charge in [-0.3, -0.25) is 4.79 Å². The lowest BCUT2D eigenvalue weighted by Crippen LogP contribution is -2.40. The van der Waals surface area contributed by atoms with Crippen molar-refractivity contribution in [3.8, 4) is 0 Å². The van der Waals surface area contributed by atoms with E-state index >= 15 is 0 Å². The second-order valence-corrected chi connectivity index (χ2v) is 6.76. The molecule has 0 atom stereocenters. The standard InChI is InChI=1S/C18H31N5O4/c1-5-19-16(20-9-7-10-21-17(25)27-18(2,3)4)23-13-15(24)22-12-14-8-6-11-26-14/h6,8,11H,5,7,9-10,12-13H2,1-4H3,(H,21,25)(H,22,24)(H2,19,20,23). The lowest BCUT2D eigenvalue weighted by atomic mass is 10.2.